The molecule has 1 aliphatic heterocycles. The fraction of sp³-hybridized carbons (Fsp3) is 0.143. The monoisotopic (exact) mass is 303 g/mol. The van der Waals surface area contributed by atoms with Gasteiger partial charge in [-0.15, -0.1) is 0 Å². The van der Waals surface area contributed by atoms with Crippen molar-refractivity contribution >= 4 is 21.5 Å². The van der Waals surface area contributed by atoms with Gasteiger partial charge in [-0.25, -0.2) is 0 Å². The van der Waals surface area contributed by atoms with Crippen LogP contribution in [0, 0.1) is 0 Å². The van der Waals surface area contributed by atoms with Crippen LogP contribution < -0.4 is 0 Å². The molecule has 21 heavy (non-hydrogen) atoms. The van der Waals surface area contributed by atoms with Gasteiger partial charge in [-0.2, -0.15) is 12.8 Å². The lowest BCUT2D eigenvalue weighted by molar-refractivity contribution is 0.0997. The molecule has 0 fully saturated rings. The van der Waals surface area contributed by atoms with Crippen LogP contribution in [0.15, 0.2) is 38.0 Å². The zero-order chi connectivity index (χ0) is 14.9. The number of ketones is 1. The van der Waals surface area contributed by atoms with Gasteiger partial charge in [0, 0.05) is 11.1 Å². The third kappa shape index (κ3) is 1.47. The summed E-state index contributed by atoms with van der Waals surface area (Å²) in [4.78, 5) is 12.5. The minimum Gasteiger partial charge on any atom is -0.454 e. The van der Waals surface area contributed by atoms with Crippen LogP contribution in [0.3, 0.4) is 0 Å². The molecule has 1 aliphatic carbocycles. The molecule has 2 heterocycles. The maximum atomic E-state index is 12.5. The van der Waals surface area contributed by atoms with Crippen LogP contribution in [0.5, 0.6) is 0 Å². The summed E-state index contributed by atoms with van der Waals surface area (Å²) in [5.41, 5.74) is 1.11. The van der Waals surface area contributed by atoms with Crippen molar-refractivity contribution in [1.82, 2.24) is 0 Å². The standard InChI is InChI=1S/C14H9NO5S/c1-6(16)9-5-8-12-11-7(13(17)14(8)20-9)3-2-4-10(11)21(18,19)15-12/h2-6,16H,1H3. The summed E-state index contributed by atoms with van der Waals surface area (Å²) in [6.07, 6.45) is -0.899. The van der Waals surface area contributed by atoms with E-state index in [-0.39, 0.29) is 27.7 Å². The highest BCUT2D eigenvalue weighted by molar-refractivity contribution is 7.90. The highest BCUT2D eigenvalue weighted by Crippen LogP contribution is 2.39. The Morgan fingerprint density at radius 1 is 1.29 bits per heavy atom. The molecule has 6 nitrogen and oxygen atoms in total. The van der Waals surface area contributed by atoms with Gasteiger partial charge in [0.25, 0.3) is 10.0 Å². The van der Waals surface area contributed by atoms with Crippen molar-refractivity contribution in [3.05, 3.63) is 52.5 Å². The Bertz CT molecular complexity index is 950. The molecule has 0 radical (unpaired) electrons. The molecule has 0 saturated carbocycles. The summed E-state index contributed by atoms with van der Waals surface area (Å²) < 4.78 is 33.3. The van der Waals surface area contributed by atoms with E-state index < -0.39 is 21.9 Å². The number of hydrogen-bond acceptors (Lipinski definition) is 5. The summed E-state index contributed by atoms with van der Waals surface area (Å²) in [5, 5.41) is 9.59. The van der Waals surface area contributed by atoms with Crippen molar-refractivity contribution in [3.63, 3.8) is 0 Å². The summed E-state index contributed by atoms with van der Waals surface area (Å²) >= 11 is 0. The van der Waals surface area contributed by atoms with Gasteiger partial charge < -0.3 is 9.52 Å². The van der Waals surface area contributed by atoms with Crippen molar-refractivity contribution in [2.75, 3.05) is 0 Å². The second-order valence-electron chi connectivity index (χ2n) is 4.99. The fourth-order valence-corrected chi connectivity index (χ4v) is 3.90. The summed E-state index contributed by atoms with van der Waals surface area (Å²) in [6, 6.07) is 5.95. The average molecular weight is 303 g/mol. The van der Waals surface area contributed by atoms with Crippen molar-refractivity contribution < 1.29 is 22.7 Å². The third-order valence-corrected chi connectivity index (χ3v) is 4.94. The van der Waals surface area contributed by atoms with Gasteiger partial charge in [-0.1, -0.05) is 12.1 Å². The lowest BCUT2D eigenvalue weighted by atomic mass is 9.88. The normalized spacial score (nSPS) is 19.0. The summed E-state index contributed by atoms with van der Waals surface area (Å²) in [6.45, 7) is 1.50. The van der Waals surface area contributed by atoms with Gasteiger partial charge in [0.2, 0.25) is 5.78 Å². The molecule has 0 amide bonds. The van der Waals surface area contributed by atoms with Gasteiger partial charge in [-0.05, 0) is 19.1 Å². The number of nitrogens with zero attached hydrogens (tertiary/aromatic N) is 1. The smallest absolute Gasteiger partial charge is 0.283 e. The summed E-state index contributed by atoms with van der Waals surface area (Å²) in [7, 11) is -3.79. The number of sulfonamides is 1. The molecule has 106 valence electrons. The van der Waals surface area contributed by atoms with E-state index in [9.17, 15) is 18.3 Å². The van der Waals surface area contributed by atoms with Crippen molar-refractivity contribution in [1.29, 1.82) is 0 Å². The third-order valence-electron chi connectivity index (χ3n) is 3.62. The molecule has 1 unspecified atom stereocenters. The molecule has 1 atom stereocenters. The van der Waals surface area contributed by atoms with Gasteiger partial charge in [-0.3, -0.25) is 4.79 Å². The van der Waals surface area contributed by atoms with E-state index >= 15 is 0 Å². The highest BCUT2D eigenvalue weighted by atomic mass is 32.2. The number of aliphatic hydroxyl groups excluding tert-OH is 1. The quantitative estimate of drug-likeness (QED) is 0.733. The lowest BCUT2D eigenvalue weighted by Crippen LogP contribution is -2.18. The Balaban J connectivity index is 2.12. The minimum absolute atomic E-state index is 0.0198. The van der Waals surface area contributed by atoms with Crippen LogP contribution in [0.2, 0.25) is 0 Å². The van der Waals surface area contributed by atoms with E-state index in [2.05, 4.69) is 4.40 Å². The van der Waals surface area contributed by atoms with Crippen molar-refractivity contribution in [3.8, 4) is 0 Å². The molecule has 1 aromatic carbocycles. The van der Waals surface area contributed by atoms with E-state index in [1.807, 2.05) is 0 Å². The summed E-state index contributed by atoms with van der Waals surface area (Å²) in [5.74, 6) is -0.175. The van der Waals surface area contributed by atoms with E-state index in [1.165, 1.54) is 25.1 Å². The second-order valence-corrected chi connectivity index (χ2v) is 6.56. The molecule has 0 bridgehead atoms. The van der Waals surface area contributed by atoms with Gasteiger partial charge in [0.1, 0.15) is 11.9 Å². The maximum Gasteiger partial charge on any atom is 0.283 e. The molecule has 1 N–H and O–H groups in total. The van der Waals surface area contributed by atoms with Crippen molar-refractivity contribution in [2.24, 2.45) is 4.40 Å². The molecule has 4 rings (SSSR count). The Morgan fingerprint density at radius 3 is 2.76 bits per heavy atom. The molecular formula is C14H9NO5S. The molecule has 2 aliphatic rings. The largest absolute Gasteiger partial charge is 0.454 e. The number of rotatable bonds is 1. The SMILES string of the molecule is CC(O)c1cc2c(o1)C(=O)c1cccc3c1C2=NS3(=O)=O. The highest BCUT2D eigenvalue weighted by Gasteiger charge is 2.41. The van der Waals surface area contributed by atoms with Gasteiger partial charge >= 0.3 is 0 Å². The van der Waals surface area contributed by atoms with E-state index in [0.29, 0.717) is 11.1 Å². The Kier molecular flexibility index (Phi) is 2.19. The molecule has 0 spiro atoms. The zero-order valence-electron chi connectivity index (χ0n) is 10.8. The molecule has 7 heteroatoms. The number of benzene rings is 1. The van der Waals surface area contributed by atoms with Crippen molar-refractivity contribution in [2.45, 2.75) is 17.9 Å². The first-order valence-electron chi connectivity index (χ1n) is 6.25. The number of carbonyl (C=O) groups is 1. The van der Waals surface area contributed by atoms with Gasteiger partial charge in [0.15, 0.2) is 5.76 Å². The Hall–Kier alpha value is -2.25. The lowest BCUT2D eigenvalue weighted by Gasteiger charge is -2.13. The van der Waals surface area contributed by atoms with Crippen LogP contribution in [0.1, 0.15) is 46.0 Å². The minimum atomic E-state index is -3.79. The first-order chi connectivity index (χ1) is 9.90. The number of fused-ring (bicyclic) bond motifs is 2. The van der Waals surface area contributed by atoms with E-state index in [4.69, 9.17) is 4.42 Å². The number of furan rings is 1. The Labute approximate surface area is 119 Å². The zero-order valence-corrected chi connectivity index (χ0v) is 11.6. The molecule has 0 saturated heterocycles. The Morgan fingerprint density at radius 2 is 2.05 bits per heavy atom. The van der Waals surface area contributed by atoms with Crippen LogP contribution in [-0.4, -0.2) is 25.0 Å². The molecule has 2 aromatic rings. The predicted octanol–water partition coefficient (Wildman–Crippen LogP) is 1.42. The second kappa shape index (κ2) is 3.69. The van der Waals surface area contributed by atoms with Crippen LogP contribution in [-0.2, 0) is 10.0 Å². The van der Waals surface area contributed by atoms with E-state index in [1.54, 1.807) is 6.07 Å². The van der Waals surface area contributed by atoms with Crippen LogP contribution in [0.4, 0.5) is 0 Å². The van der Waals surface area contributed by atoms with Gasteiger partial charge in [0.05, 0.1) is 16.2 Å². The predicted molar refractivity (Wildman–Crippen MR) is 72.0 cm³/mol. The van der Waals surface area contributed by atoms with Crippen LogP contribution in [0.25, 0.3) is 0 Å². The average Bonchev–Trinajstić information content (AvgIpc) is 2.98. The van der Waals surface area contributed by atoms with E-state index in [0.717, 1.165) is 0 Å². The molecule has 1 aromatic heterocycles. The number of hydrogen-bond donors (Lipinski definition) is 1. The fourth-order valence-electron chi connectivity index (χ4n) is 2.66. The number of carbonyl (C=O) groups excluding carboxylic acids is 1. The maximum absolute atomic E-state index is 12.5. The van der Waals surface area contributed by atoms with Crippen LogP contribution >= 0.6 is 0 Å². The first-order valence-corrected chi connectivity index (χ1v) is 7.69. The number of aliphatic hydroxyl groups is 1. The molecular weight excluding hydrogens is 294 g/mol. The topological polar surface area (TPSA) is 96.9 Å². The first kappa shape index (κ1) is 12.5.